The summed E-state index contributed by atoms with van der Waals surface area (Å²) in [5.41, 5.74) is 0. The molecule has 1 heterocycles. The smallest absolute Gasteiger partial charge is 0.231 e. The second-order valence-electron chi connectivity index (χ2n) is 4.59. The first kappa shape index (κ1) is 11.6. The van der Waals surface area contributed by atoms with E-state index >= 15 is 0 Å². The number of nitrogens with zero attached hydrogens (tertiary/aromatic N) is 2. The van der Waals surface area contributed by atoms with Crippen molar-refractivity contribution < 1.29 is 4.52 Å². The van der Waals surface area contributed by atoms with Crippen molar-refractivity contribution in [1.82, 2.24) is 15.5 Å². The highest BCUT2D eigenvalue weighted by Gasteiger charge is 2.28. The Morgan fingerprint density at radius 1 is 1.31 bits per heavy atom. The normalized spacial score (nSPS) is 26.6. The molecule has 1 aromatic rings. The van der Waals surface area contributed by atoms with Crippen LogP contribution in [0.5, 0.6) is 0 Å². The second kappa shape index (κ2) is 5.43. The van der Waals surface area contributed by atoms with Crippen molar-refractivity contribution in [3.63, 3.8) is 0 Å². The second-order valence-corrected chi connectivity index (χ2v) is 4.59. The first-order chi connectivity index (χ1) is 7.81. The highest BCUT2D eigenvalue weighted by molar-refractivity contribution is 4.99. The lowest BCUT2D eigenvalue weighted by Gasteiger charge is -2.22. The Hall–Kier alpha value is -0.900. The number of aryl methyl sites for hydroxylation is 1. The highest BCUT2D eigenvalue weighted by atomic mass is 16.5. The molecule has 0 aromatic carbocycles. The van der Waals surface area contributed by atoms with Crippen molar-refractivity contribution in [3.8, 4) is 0 Å². The van der Waals surface area contributed by atoms with Gasteiger partial charge in [-0.1, -0.05) is 31.3 Å². The third-order valence-corrected chi connectivity index (χ3v) is 3.34. The van der Waals surface area contributed by atoms with Gasteiger partial charge in [-0.15, -0.1) is 0 Å². The van der Waals surface area contributed by atoms with Crippen LogP contribution in [-0.4, -0.2) is 22.7 Å². The van der Waals surface area contributed by atoms with Crippen molar-refractivity contribution in [2.75, 3.05) is 6.54 Å². The fraction of sp³-hybridized carbons (Fsp3) is 0.833. The van der Waals surface area contributed by atoms with Crippen molar-refractivity contribution in [2.24, 2.45) is 0 Å². The molecule has 1 aromatic heterocycles. The number of likely N-dealkylation sites (N-methyl/N-ethyl adjacent to an activating group) is 1. The molecule has 0 saturated heterocycles. The van der Waals surface area contributed by atoms with Crippen LogP contribution < -0.4 is 5.32 Å². The molecule has 1 aliphatic rings. The maximum Gasteiger partial charge on any atom is 0.231 e. The molecular weight excluding hydrogens is 202 g/mol. The Balaban J connectivity index is 2.13. The molecule has 2 unspecified atom stereocenters. The van der Waals surface area contributed by atoms with Gasteiger partial charge < -0.3 is 9.84 Å². The van der Waals surface area contributed by atoms with E-state index in [2.05, 4.69) is 22.4 Å². The molecule has 0 amide bonds. The first-order valence-corrected chi connectivity index (χ1v) is 6.35. The summed E-state index contributed by atoms with van der Waals surface area (Å²) in [6, 6.07) is 0.507. The van der Waals surface area contributed by atoms with Crippen LogP contribution in [-0.2, 0) is 0 Å². The molecular formula is C12H21N3O. The zero-order valence-corrected chi connectivity index (χ0v) is 10.2. The summed E-state index contributed by atoms with van der Waals surface area (Å²) in [6.07, 6.45) is 6.29. The van der Waals surface area contributed by atoms with Crippen LogP contribution in [0.4, 0.5) is 0 Å². The van der Waals surface area contributed by atoms with Crippen molar-refractivity contribution in [3.05, 3.63) is 11.7 Å². The summed E-state index contributed by atoms with van der Waals surface area (Å²) in [4.78, 5) is 4.39. The molecule has 16 heavy (non-hydrogen) atoms. The SMILES string of the molecule is CCNC1CCCCCC1c1nc(C)no1. The molecule has 0 bridgehead atoms. The summed E-state index contributed by atoms with van der Waals surface area (Å²) in [6.45, 7) is 5.04. The highest BCUT2D eigenvalue weighted by Crippen LogP contribution is 2.30. The topological polar surface area (TPSA) is 51.0 Å². The van der Waals surface area contributed by atoms with Crippen LogP contribution in [0.2, 0.25) is 0 Å². The zero-order chi connectivity index (χ0) is 11.4. The van der Waals surface area contributed by atoms with E-state index in [9.17, 15) is 0 Å². The Bertz CT molecular complexity index is 324. The number of hydrogen-bond acceptors (Lipinski definition) is 4. The number of nitrogens with one attached hydrogen (secondary N) is 1. The van der Waals surface area contributed by atoms with Crippen LogP contribution in [0, 0.1) is 6.92 Å². The van der Waals surface area contributed by atoms with Crippen molar-refractivity contribution in [1.29, 1.82) is 0 Å². The molecule has 90 valence electrons. The van der Waals surface area contributed by atoms with Gasteiger partial charge in [0.15, 0.2) is 5.82 Å². The summed E-state index contributed by atoms with van der Waals surface area (Å²) < 4.78 is 5.33. The molecule has 0 radical (unpaired) electrons. The standard InChI is InChI=1S/C12H21N3O/c1-3-13-11-8-6-4-5-7-10(11)12-14-9(2)15-16-12/h10-11,13H,3-8H2,1-2H3. The maximum absolute atomic E-state index is 5.33. The van der Waals surface area contributed by atoms with Crippen LogP contribution in [0.3, 0.4) is 0 Å². The fourth-order valence-electron chi connectivity index (χ4n) is 2.57. The van der Waals surface area contributed by atoms with Gasteiger partial charge in [-0.3, -0.25) is 0 Å². The fourth-order valence-corrected chi connectivity index (χ4v) is 2.57. The Kier molecular flexibility index (Phi) is 3.93. The molecule has 2 atom stereocenters. The molecule has 4 heteroatoms. The lowest BCUT2D eigenvalue weighted by molar-refractivity contribution is 0.304. The van der Waals surface area contributed by atoms with E-state index < -0.39 is 0 Å². The van der Waals surface area contributed by atoms with Gasteiger partial charge in [-0.2, -0.15) is 4.98 Å². The molecule has 0 spiro atoms. The lowest BCUT2D eigenvalue weighted by atomic mass is 9.94. The van der Waals surface area contributed by atoms with Crippen molar-refractivity contribution in [2.45, 2.75) is 57.9 Å². The molecule has 4 nitrogen and oxygen atoms in total. The van der Waals surface area contributed by atoms with Gasteiger partial charge in [0.05, 0.1) is 5.92 Å². The quantitative estimate of drug-likeness (QED) is 0.799. The molecule has 1 aliphatic carbocycles. The van der Waals surface area contributed by atoms with E-state index in [-0.39, 0.29) is 0 Å². The van der Waals surface area contributed by atoms with Gasteiger partial charge in [0, 0.05) is 6.04 Å². The number of hydrogen-bond donors (Lipinski definition) is 1. The average molecular weight is 223 g/mol. The van der Waals surface area contributed by atoms with E-state index in [1.807, 2.05) is 6.92 Å². The van der Waals surface area contributed by atoms with E-state index in [1.54, 1.807) is 0 Å². The Morgan fingerprint density at radius 2 is 2.12 bits per heavy atom. The largest absolute Gasteiger partial charge is 0.339 e. The number of aromatic nitrogens is 2. The minimum atomic E-state index is 0.406. The molecule has 1 N–H and O–H groups in total. The molecule has 1 saturated carbocycles. The third kappa shape index (κ3) is 2.61. The summed E-state index contributed by atoms with van der Waals surface area (Å²) >= 11 is 0. The van der Waals surface area contributed by atoms with Gasteiger partial charge in [0.2, 0.25) is 5.89 Å². The summed E-state index contributed by atoms with van der Waals surface area (Å²) in [5, 5.41) is 7.46. The van der Waals surface area contributed by atoms with E-state index in [4.69, 9.17) is 4.52 Å². The Labute approximate surface area is 96.8 Å². The number of rotatable bonds is 3. The van der Waals surface area contributed by atoms with Gasteiger partial charge >= 0.3 is 0 Å². The van der Waals surface area contributed by atoms with Crippen LogP contribution in [0.25, 0.3) is 0 Å². The monoisotopic (exact) mass is 223 g/mol. The molecule has 1 fully saturated rings. The predicted octanol–water partition coefficient (Wildman–Crippen LogP) is 2.40. The maximum atomic E-state index is 5.33. The van der Waals surface area contributed by atoms with Gasteiger partial charge in [-0.25, -0.2) is 0 Å². The van der Waals surface area contributed by atoms with E-state index in [0.29, 0.717) is 12.0 Å². The third-order valence-electron chi connectivity index (χ3n) is 3.34. The minimum absolute atomic E-state index is 0.406. The van der Waals surface area contributed by atoms with Crippen LogP contribution in [0.1, 0.15) is 56.7 Å². The van der Waals surface area contributed by atoms with Gasteiger partial charge in [-0.05, 0) is 26.3 Å². The minimum Gasteiger partial charge on any atom is -0.339 e. The van der Waals surface area contributed by atoms with Crippen LogP contribution in [0.15, 0.2) is 4.52 Å². The molecule has 2 rings (SSSR count). The summed E-state index contributed by atoms with van der Waals surface area (Å²) in [5.74, 6) is 1.98. The van der Waals surface area contributed by atoms with Gasteiger partial charge in [0.1, 0.15) is 0 Å². The Morgan fingerprint density at radius 3 is 2.81 bits per heavy atom. The van der Waals surface area contributed by atoms with Gasteiger partial charge in [0.25, 0.3) is 0 Å². The van der Waals surface area contributed by atoms with E-state index in [1.165, 1.54) is 32.1 Å². The van der Waals surface area contributed by atoms with Crippen molar-refractivity contribution >= 4 is 0 Å². The summed E-state index contributed by atoms with van der Waals surface area (Å²) in [7, 11) is 0. The predicted molar refractivity (Wildman–Crippen MR) is 62.3 cm³/mol. The zero-order valence-electron chi connectivity index (χ0n) is 10.2. The van der Waals surface area contributed by atoms with E-state index in [0.717, 1.165) is 18.3 Å². The lowest BCUT2D eigenvalue weighted by Crippen LogP contribution is -2.34. The first-order valence-electron chi connectivity index (χ1n) is 6.35. The average Bonchev–Trinajstić information content (AvgIpc) is 2.56. The van der Waals surface area contributed by atoms with Crippen LogP contribution >= 0.6 is 0 Å². The molecule has 0 aliphatic heterocycles.